The van der Waals surface area contributed by atoms with Crippen LogP contribution in [0.15, 0.2) is 42.5 Å². The van der Waals surface area contributed by atoms with E-state index < -0.39 is 0 Å². The lowest BCUT2D eigenvalue weighted by molar-refractivity contribution is 0.415. The third-order valence-corrected chi connectivity index (χ3v) is 4.13. The van der Waals surface area contributed by atoms with Crippen molar-refractivity contribution in [2.24, 2.45) is 0 Å². The summed E-state index contributed by atoms with van der Waals surface area (Å²) < 4.78 is 5.59. The fourth-order valence-corrected chi connectivity index (χ4v) is 3.14. The molecule has 0 fully saturated rings. The fraction of sp³-hybridized carbons (Fsp3) is 0.200. The van der Waals surface area contributed by atoms with Crippen molar-refractivity contribution in [1.29, 1.82) is 0 Å². The number of ether oxygens (including phenoxy) is 1. The van der Waals surface area contributed by atoms with Crippen molar-refractivity contribution in [3.05, 3.63) is 59.2 Å². The van der Waals surface area contributed by atoms with E-state index in [1.54, 1.807) is 7.11 Å². The van der Waals surface area contributed by atoms with Crippen molar-refractivity contribution in [3.8, 4) is 22.6 Å². The first-order valence-corrected chi connectivity index (χ1v) is 7.40. The summed E-state index contributed by atoms with van der Waals surface area (Å²) in [5.74, 6) is 1.12. The van der Waals surface area contributed by atoms with Crippen LogP contribution in [0.25, 0.3) is 21.9 Å². The van der Waals surface area contributed by atoms with Crippen LogP contribution in [0.4, 0.5) is 0 Å². The quantitative estimate of drug-likeness (QED) is 0.708. The van der Waals surface area contributed by atoms with Gasteiger partial charge in [0.25, 0.3) is 0 Å². The lowest BCUT2D eigenvalue weighted by atomic mass is 9.90. The van der Waals surface area contributed by atoms with Crippen molar-refractivity contribution in [1.82, 2.24) is 0 Å². The van der Waals surface area contributed by atoms with Gasteiger partial charge in [-0.15, -0.1) is 0 Å². The summed E-state index contributed by atoms with van der Waals surface area (Å²) in [6.07, 6.45) is 0. The molecule has 0 heterocycles. The average molecular weight is 292 g/mol. The molecule has 0 saturated carbocycles. The highest BCUT2D eigenvalue weighted by molar-refractivity contribution is 6.02. The van der Waals surface area contributed by atoms with Gasteiger partial charge >= 0.3 is 0 Å². The molecular formula is C20H20O2. The van der Waals surface area contributed by atoms with E-state index in [1.165, 1.54) is 0 Å². The van der Waals surface area contributed by atoms with Gasteiger partial charge in [0.1, 0.15) is 11.5 Å². The van der Waals surface area contributed by atoms with E-state index >= 15 is 0 Å². The monoisotopic (exact) mass is 292 g/mol. The van der Waals surface area contributed by atoms with Crippen LogP contribution in [-0.4, -0.2) is 12.2 Å². The second-order valence-corrected chi connectivity index (χ2v) is 5.80. The van der Waals surface area contributed by atoms with Crippen LogP contribution < -0.4 is 4.74 Å². The molecule has 0 atom stereocenters. The Balaban J connectivity index is 2.48. The SMILES string of the molecule is COc1cc(C)cc(C)c1-c1c(O)c(C)cc2ccccc12. The summed E-state index contributed by atoms with van der Waals surface area (Å²) >= 11 is 0. The van der Waals surface area contributed by atoms with Gasteiger partial charge in [0.05, 0.1) is 7.11 Å². The highest BCUT2D eigenvalue weighted by Crippen LogP contribution is 2.44. The maximum Gasteiger partial charge on any atom is 0.127 e. The van der Waals surface area contributed by atoms with E-state index in [2.05, 4.69) is 19.1 Å². The highest BCUT2D eigenvalue weighted by atomic mass is 16.5. The number of phenolic OH excluding ortho intramolecular Hbond substituents is 1. The lowest BCUT2D eigenvalue weighted by Crippen LogP contribution is -1.95. The van der Waals surface area contributed by atoms with Crippen molar-refractivity contribution >= 4 is 10.8 Å². The fourth-order valence-electron chi connectivity index (χ4n) is 3.14. The predicted octanol–water partition coefficient (Wildman–Crippen LogP) is 5.15. The number of aromatic hydroxyl groups is 1. The zero-order chi connectivity index (χ0) is 15.9. The first-order chi connectivity index (χ1) is 10.5. The summed E-state index contributed by atoms with van der Waals surface area (Å²) in [7, 11) is 1.67. The Morgan fingerprint density at radius 3 is 2.32 bits per heavy atom. The van der Waals surface area contributed by atoms with Gasteiger partial charge in [0, 0.05) is 11.1 Å². The second-order valence-electron chi connectivity index (χ2n) is 5.80. The molecule has 0 aliphatic heterocycles. The summed E-state index contributed by atoms with van der Waals surface area (Å²) in [5.41, 5.74) is 4.93. The molecule has 0 radical (unpaired) electrons. The largest absolute Gasteiger partial charge is 0.507 e. The van der Waals surface area contributed by atoms with Gasteiger partial charge in [-0.05, 0) is 60.4 Å². The van der Waals surface area contributed by atoms with Gasteiger partial charge in [-0.1, -0.05) is 30.3 Å². The summed E-state index contributed by atoms with van der Waals surface area (Å²) in [4.78, 5) is 0. The van der Waals surface area contributed by atoms with Gasteiger partial charge in [0.2, 0.25) is 0 Å². The Bertz CT molecular complexity index is 863. The summed E-state index contributed by atoms with van der Waals surface area (Å²) in [6, 6.07) is 14.3. The van der Waals surface area contributed by atoms with Crippen molar-refractivity contribution in [3.63, 3.8) is 0 Å². The zero-order valence-corrected chi connectivity index (χ0v) is 13.4. The molecule has 112 valence electrons. The molecule has 3 aromatic rings. The Morgan fingerprint density at radius 1 is 0.864 bits per heavy atom. The van der Waals surface area contributed by atoms with Crippen LogP contribution in [0, 0.1) is 20.8 Å². The smallest absolute Gasteiger partial charge is 0.127 e. The van der Waals surface area contributed by atoms with Crippen LogP contribution in [-0.2, 0) is 0 Å². The number of methoxy groups -OCH3 is 1. The minimum Gasteiger partial charge on any atom is -0.507 e. The normalized spacial score (nSPS) is 10.9. The van der Waals surface area contributed by atoms with E-state index in [0.717, 1.165) is 44.3 Å². The molecule has 2 heteroatoms. The van der Waals surface area contributed by atoms with Gasteiger partial charge < -0.3 is 9.84 Å². The van der Waals surface area contributed by atoms with Crippen molar-refractivity contribution in [2.75, 3.05) is 7.11 Å². The first-order valence-electron chi connectivity index (χ1n) is 7.40. The average Bonchev–Trinajstić information content (AvgIpc) is 2.49. The Kier molecular flexibility index (Phi) is 3.53. The first kappa shape index (κ1) is 14.5. The number of fused-ring (bicyclic) bond motifs is 1. The topological polar surface area (TPSA) is 29.5 Å². The molecule has 0 amide bonds. The van der Waals surface area contributed by atoms with E-state index in [0.29, 0.717) is 5.75 Å². The molecular weight excluding hydrogens is 272 g/mol. The van der Waals surface area contributed by atoms with Crippen LogP contribution in [0.5, 0.6) is 11.5 Å². The van der Waals surface area contributed by atoms with Crippen molar-refractivity contribution < 1.29 is 9.84 Å². The van der Waals surface area contributed by atoms with Crippen LogP contribution in [0.2, 0.25) is 0 Å². The molecule has 0 unspecified atom stereocenters. The molecule has 3 aromatic carbocycles. The van der Waals surface area contributed by atoms with E-state index in [4.69, 9.17) is 4.74 Å². The van der Waals surface area contributed by atoms with E-state index in [1.807, 2.05) is 44.2 Å². The van der Waals surface area contributed by atoms with Crippen LogP contribution in [0.1, 0.15) is 16.7 Å². The second kappa shape index (κ2) is 5.38. The number of rotatable bonds is 2. The van der Waals surface area contributed by atoms with Crippen molar-refractivity contribution in [2.45, 2.75) is 20.8 Å². The van der Waals surface area contributed by atoms with Gasteiger partial charge in [0.15, 0.2) is 0 Å². The van der Waals surface area contributed by atoms with Gasteiger partial charge in [-0.3, -0.25) is 0 Å². The molecule has 0 aromatic heterocycles. The zero-order valence-electron chi connectivity index (χ0n) is 13.4. The van der Waals surface area contributed by atoms with Crippen LogP contribution in [0.3, 0.4) is 0 Å². The molecule has 0 aliphatic rings. The lowest BCUT2D eigenvalue weighted by Gasteiger charge is -2.18. The molecule has 0 saturated heterocycles. The van der Waals surface area contributed by atoms with Gasteiger partial charge in [-0.2, -0.15) is 0 Å². The molecule has 0 bridgehead atoms. The highest BCUT2D eigenvalue weighted by Gasteiger charge is 2.18. The number of aryl methyl sites for hydroxylation is 3. The molecule has 0 aliphatic carbocycles. The standard InChI is InChI=1S/C20H20O2/c1-12-9-13(2)18(17(10-12)22-4)19-16-8-6-5-7-15(16)11-14(3)20(19)21/h5-11,21H,1-4H3. The van der Waals surface area contributed by atoms with Crippen LogP contribution >= 0.6 is 0 Å². The van der Waals surface area contributed by atoms with E-state index in [9.17, 15) is 5.11 Å². The third-order valence-electron chi connectivity index (χ3n) is 4.13. The maximum absolute atomic E-state index is 10.7. The molecule has 22 heavy (non-hydrogen) atoms. The molecule has 0 spiro atoms. The summed E-state index contributed by atoms with van der Waals surface area (Å²) in [5, 5.41) is 12.9. The minimum atomic E-state index is 0.323. The number of hydrogen-bond donors (Lipinski definition) is 1. The minimum absolute atomic E-state index is 0.323. The number of benzene rings is 3. The maximum atomic E-state index is 10.7. The summed E-state index contributed by atoms with van der Waals surface area (Å²) in [6.45, 7) is 6.04. The number of hydrogen-bond acceptors (Lipinski definition) is 2. The Labute approximate surface area is 131 Å². The Morgan fingerprint density at radius 2 is 1.59 bits per heavy atom. The molecule has 1 N–H and O–H groups in total. The third kappa shape index (κ3) is 2.21. The Hall–Kier alpha value is -2.48. The van der Waals surface area contributed by atoms with Gasteiger partial charge in [-0.25, -0.2) is 0 Å². The molecule has 3 rings (SSSR count). The molecule has 2 nitrogen and oxygen atoms in total. The van der Waals surface area contributed by atoms with E-state index in [-0.39, 0.29) is 0 Å². The predicted molar refractivity (Wildman–Crippen MR) is 91.8 cm³/mol. The number of phenols is 1.